The topological polar surface area (TPSA) is 92.8 Å². The lowest BCUT2D eigenvalue weighted by atomic mass is 10.2. The number of amides is 1. The normalized spacial score (nSPS) is 11.0. The second-order valence-electron chi connectivity index (χ2n) is 5.13. The van der Waals surface area contributed by atoms with Crippen LogP contribution in [0.25, 0.3) is 22.6 Å². The highest BCUT2D eigenvalue weighted by molar-refractivity contribution is 6.29. The third kappa shape index (κ3) is 3.57. The van der Waals surface area contributed by atoms with Gasteiger partial charge in [-0.05, 0) is 32.0 Å². The number of aromatic amines is 1. The molecule has 0 spiro atoms. The summed E-state index contributed by atoms with van der Waals surface area (Å²) < 4.78 is 5.03. The lowest BCUT2D eigenvalue weighted by molar-refractivity contribution is 0.130. The van der Waals surface area contributed by atoms with Crippen LogP contribution in [0.2, 0.25) is 5.15 Å². The molecule has 0 fully saturated rings. The molecule has 0 aliphatic heterocycles. The molecule has 0 aliphatic carbocycles. The molecule has 1 amide bonds. The Morgan fingerprint density at radius 2 is 2.17 bits per heavy atom. The number of anilines is 1. The van der Waals surface area contributed by atoms with Crippen molar-refractivity contribution in [3.8, 4) is 11.4 Å². The molecule has 0 aromatic carbocycles. The third-order valence-electron chi connectivity index (χ3n) is 2.93. The Morgan fingerprint density at radius 3 is 2.91 bits per heavy atom. The van der Waals surface area contributed by atoms with Crippen molar-refractivity contribution in [3.05, 3.63) is 35.7 Å². The Hall–Kier alpha value is -2.67. The highest BCUT2D eigenvalue weighted by Gasteiger charge is 2.10. The van der Waals surface area contributed by atoms with Gasteiger partial charge in [0.2, 0.25) is 0 Å². The zero-order chi connectivity index (χ0) is 16.4. The van der Waals surface area contributed by atoms with Gasteiger partial charge in [0.15, 0.2) is 5.65 Å². The molecule has 2 N–H and O–H groups in total. The van der Waals surface area contributed by atoms with E-state index in [2.05, 4.69) is 25.3 Å². The maximum absolute atomic E-state index is 11.6. The van der Waals surface area contributed by atoms with Crippen molar-refractivity contribution in [2.75, 3.05) is 5.32 Å². The Labute approximate surface area is 137 Å². The van der Waals surface area contributed by atoms with E-state index < -0.39 is 6.09 Å². The zero-order valence-electron chi connectivity index (χ0n) is 12.5. The Kier molecular flexibility index (Phi) is 4.12. The van der Waals surface area contributed by atoms with E-state index in [-0.39, 0.29) is 6.10 Å². The molecule has 3 aromatic heterocycles. The number of halogens is 1. The summed E-state index contributed by atoms with van der Waals surface area (Å²) in [5.41, 5.74) is 2.55. The maximum atomic E-state index is 11.6. The molecule has 3 heterocycles. The van der Waals surface area contributed by atoms with E-state index >= 15 is 0 Å². The van der Waals surface area contributed by atoms with Crippen LogP contribution in [0.5, 0.6) is 0 Å². The molecule has 0 bridgehead atoms. The van der Waals surface area contributed by atoms with Crippen molar-refractivity contribution in [1.29, 1.82) is 0 Å². The molecular formula is C15H14ClN5O2. The van der Waals surface area contributed by atoms with E-state index in [0.29, 0.717) is 27.8 Å². The minimum absolute atomic E-state index is 0.193. The average molecular weight is 332 g/mol. The smallest absolute Gasteiger partial charge is 0.411 e. The number of aromatic nitrogens is 4. The number of nitrogens with one attached hydrogen (secondary N) is 2. The van der Waals surface area contributed by atoms with Crippen molar-refractivity contribution in [3.63, 3.8) is 0 Å². The van der Waals surface area contributed by atoms with Crippen molar-refractivity contribution in [2.24, 2.45) is 0 Å². The van der Waals surface area contributed by atoms with Crippen molar-refractivity contribution >= 4 is 34.5 Å². The summed E-state index contributed by atoms with van der Waals surface area (Å²) in [6.45, 7) is 3.56. The number of pyridine rings is 2. The second-order valence-corrected chi connectivity index (χ2v) is 5.51. The molecule has 7 nitrogen and oxygen atoms in total. The molecule has 8 heteroatoms. The average Bonchev–Trinajstić information content (AvgIpc) is 2.89. The number of hydrogen-bond donors (Lipinski definition) is 2. The SMILES string of the molecule is CC(C)OC(=O)Nc1cnc2nc(-c3ccnc(Cl)c3)[nH]c2c1. The molecule has 0 radical (unpaired) electrons. The Morgan fingerprint density at radius 1 is 1.35 bits per heavy atom. The first-order valence-corrected chi connectivity index (χ1v) is 7.34. The van der Waals surface area contributed by atoms with Gasteiger partial charge in [-0.25, -0.2) is 19.7 Å². The fraction of sp³-hybridized carbons (Fsp3) is 0.200. The Bertz CT molecular complexity index is 862. The predicted octanol–water partition coefficient (Wildman–Crippen LogP) is 3.63. The quantitative estimate of drug-likeness (QED) is 0.715. The number of nitrogens with zero attached hydrogens (tertiary/aromatic N) is 3. The van der Waals surface area contributed by atoms with Crippen LogP contribution >= 0.6 is 11.6 Å². The number of ether oxygens (including phenoxy) is 1. The Balaban J connectivity index is 1.87. The van der Waals surface area contributed by atoms with Gasteiger partial charge in [0.25, 0.3) is 0 Å². The summed E-state index contributed by atoms with van der Waals surface area (Å²) in [5, 5.41) is 3.00. The van der Waals surface area contributed by atoms with Crippen LogP contribution < -0.4 is 5.32 Å². The highest BCUT2D eigenvalue weighted by Crippen LogP contribution is 2.22. The molecule has 23 heavy (non-hydrogen) atoms. The van der Waals surface area contributed by atoms with Gasteiger partial charge in [-0.1, -0.05) is 11.6 Å². The van der Waals surface area contributed by atoms with E-state index in [1.54, 1.807) is 38.2 Å². The number of carbonyl (C=O) groups excluding carboxylic acids is 1. The lowest BCUT2D eigenvalue weighted by Gasteiger charge is -2.08. The fourth-order valence-electron chi connectivity index (χ4n) is 2.02. The second kappa shape index (κ2) is 6.21. The lowest BCUT2D eigenvalue weighted by Crippen LogP contribution is -2.18. The highest BCUT2D eigenvalue weighted by atomic mass is 35.5. The fourth-order valence-corrected chi connectivity index (χ4v) is 2.19. The zero-order valence-corrected chi connectivity index (χ0v) is 13.3. The first-order valence-electron chi connectivity index (χ1n) is 6.96. The first-order chi connectivity index (χ1) is 11.0. The molecule has 3 aromatic rings. The number of rotatable bonds is 3. The molecule has 0 saturated heterocycles. The monoisotopic (exact) mass is 331 g/mol. The molecule has 0 aliphatic rings. The van der Waals surface area contributed by atoms with Crippen LogP contribution in [-0.2, 0) is 4.74 Å². The standard InChI is InChI=1S/C15H14ClN5O2/c1-8(2)23-15(22)19-10-6-11-14(18-7-10)21-13(20-11)9-3-4-17-12(16)5-9/h3-8H,1-2H3,(H,19,22)(H,18,20,21). The van der Waals surface area contributed by atoms with E-state index in [0.717, 1.165) is 5.56 Å². The van der Waals surface area contributed by atoms with Gasteiger partial charge in [-0.3, -0.25) is 5.32 Å². The maximum Gasteiger partial charge on any atom is 0.411 e. The van der Waals surface area contributed by atoms with Crippen molar-refractivity contribution in [1.82, 2.24) is 19.9 Å². The van der Waals surface area contributed by atoms with E-state index in [1.165, 1.54) is 6.20 Å². The summed E-state index contributed by atoms with van der Waals surface area (Å²) in [4.78, 5) is 27.3. The van der Waals surface area contributed by atoms with Gasteiger partial charge >= 0.3 is 6.09 Å². The van der Waals surface area contributed by atoms with Gasteiger partial charge in [-0.15, -0.1) is 0 Å². The summed E-state index contributed by atoms with van der Waals surface area (Å²) in [5.74, 6) is 0.624. The van der Waals surface area contributed by atoms with Crippen LogP contribution in [0.3, 0.4) is 0 Å². The van der Waals surface area contributed by atoms with Crippen LogP contribution in [0.15, 0.2) is 30.6 Å². The number of fused-ring (bicyclic) bond motifs is 1. The summed E-state index contributed by atoms with van der Waals surface area (Å²) in [7, 11) is 0. The van der Waals surface area contributed by atoms with Crippen molar-refractivity contribution in [2.45, 2.75) is 20.0 Å². The molecule has 0 saturated carbocycles. The molecule has 0 atom stereocenters. The van der Waals surface area contributed by atoms with Crippen LogP contribution in [0.1, 0.15) is 13.8 Å². The molecule has 3 rings (SSSR count). The number of carbonyl (C=O) groups is 1. The van der Waals surface area contributed by atoms with E-state index in [1.807, 2.05) is 0 Å². The predicted molar refractivity (Wildman–Crippen MR) is 87.4 cm³/mol. The summed E-state index contributed by atoms with van der Waals surface area (Å²) in [6.07, 6.45) is 2.41. The van der Waals surface area contributed by atoms with Gasteiger partial charge in [-0.2, -0.15) is 0 Å². The number of H-pyrrole nitrogens is 1. The van der Waals surface area contributed by atoms with Crippen LogP contribution in [-0.4, -0.2) is 32.1 Å². The van der Waals surface area contributed by atoms with E-state index in [4.69, 9.17) is 16.3 Å². The summed E-state index contributed by atoms with van der Waals surface area (Å²) in [6, 6.07) is 5.24. The number of imidazole rings is 1. The van der Waals surface area contributed by atoms with Crippen LogP contribution in [0.4, 0.5) is 10.5 Å². The van der Waals surface area contributed by atoms with Crippen LogP contribution in [0, 0.1) is 0 Å². The molecular weight excluding hydrogens is 318 g/mol. The minimum Gasteiger partial charge on any atom is -0.447 e. The first kappa shape index (κ1) is 15.2. The molecule has 0 unspecified atom stereocenters. The van der Waals surface area contributed by atoms with Gasteiger partial charge in [0.1, 0.15) is 11.0 Å². The third-order valence-corrected chi connectivity index (χ3v) is 3.13. The minimum atomic E-state index is -0.526. The van der Waals surface area contributed by atoms with Crippen molar-refractivity contribution < 1.29 is 9.53 Å². The number of hydrogen-bond acceptors (Lipinski definition) is 5. The van der Waals surface area contributed by atoms with Gasteiger partial charge < -0.3 is 9.72 Å². The molecule has 118 valence electrons. The van der Waals surface area contributed by atoms with Gasteiger partial charge in [0.05, 0.1) is 23.5 Å². The van der Waals surface area contributed by atoms with Gasteiger partial charge in [0, 0.05) is 11.8 Å². The summed E-state index contributed by atoms with van der Waals surface area (Å²) >= 11 is 5.89. The largest absolute Gasteiger partial charge is 0.447 e. The van der Waals surface area contributed by atoms with E-state index in [9.17, 15) is 4.79 Å².